The fraction of sp³-hybridized carbons (Fsp3) is 0.700. The molecule has 0 aromatic heterocycles. The number of hydrogen-bond acceptors (Lipinski definition) is 8. The lowest BCUT2D eigenvalue weighted by atomic mass is 10.1. The van der Waals surface area contributed by atoms with Crippen LogP contribution >= 0.6 is 0 Å². The van der Waals surface area contributed by atoms with Crippen molar-refractivity contribution in [3.8, 4) is 6.07 Å². The van der Waals surface area contributed by atoms with E-state index in [4.69, 9.17) is 30.7 Å². The van der Waals surface area contributed by atoms with Gasteiger partial charge in [-0.15, -0.1) is 0 Å². The van der Waals surface area contributed by atoms with E-state index in [1.165, 1.54) is 0 Å². The molecule has 0 heterocycles. The highest BCUT2D eigenvalue weighted by Crippen LogP contribution is 2.08. The molecule has 0 aromatic rings. The van der Waals surface area contributed by atoms with Crippen LogP contribution < -0.4 is 16.4 Å². The summed E-state index contributed by atoms with van der Waals surface area (Å²) in [6, 6.07) is -0.452. The Morgan fingerprint density at radius 1 is 0.848 bits per heavy atom. The second kappa shape index (κ2) is 14.5. The summed E-state index contributed by atoms with van der Waals surface area (Å²) in [7, 11) is 0. The van der Waals surface area contributed by atoms with Gasteiger partial charge in [0.2, 0.25) is 5.91 Å². The molecule has 0 saturated carbocycles. The highest BCUT2D eigenvalue weighted by molar-refractivity contribution is 5.81. The molecule has 0 spiro atoms. The second-order valence-electron chi connectivity index (χ2n) is 8.78. The standard InChI is InChI=1S/C10H18N2O5.C10H16N2O4/c1-10(2,3)17-9(16)12-6(8(14)15)4-5-7(11)13;1-10(2,3)16-9(15)12-7(8(13)14)5-4-6-11/h6H,4-5H2,1-3H3,(H2,11,13)(H,12,16)(H,14,15);7H,4-5H2,1-3H3,(H,12,15)(H,13,14). The lowest BCUT2D eigenvalue weighted by Crippen LogP contribution is -2.43. The SMILES string of the molecule is CC(C)(C)OC(=O)NC(CCC#N)C(=O)O.CC(C)(C)OC(=O)NC(CCC(N)=O)C(=O)O. The molecule has 0 saturated heterocycles. The molecule has 13 nitrogen and oxygen atoms in total. The summed E-state index contributed by atoms with van der Waals surface area (Å²) in [6.45, 7) is 10.0. The molecular formula is C20H34N4O9. The number of aliphatic carboxylic acids is 2. The van der Waals surface area contributed by atoms with E-state index in [-0.39, 0.29) is 25.7 Å². The minimum atomic E-state index is -1.24. The van der Waals surface area contributed by atoms with Crippen LogP contribution in [0.15, 0.2) is 0 Å². The zero-order valence-corrected chi connectivity index (χ0v) is 19.8. The summed E-state index contributed by atoms with van der Waals surface area (Å²) >= 11 is 0. The summed E-state index contributed by atoms with van der Waals surface area (Å²) in [5, 5.41) is 30.3. The number of carboxylic acids is 2. The third kappa shape index (κ3) is 20.1. The van der Waals surface area contributed by atoms with Crippen molar-refractivity contribution in [2.24, 2.45) is 5.73 Å². The number of rotatable bonds is 9. The quantitative estimate of drug-likeness (QED) is 0.324. The maximum atomic E-state index is 11.3. The van der Waals surface area contributed by atoms with Crippen LogP contribution in [-0.2, 0) is 23.9 Å². The van der Waals surface area contributed by atoms with Crippen molar-refractivity contribution in [3.63, 3.8) is 0 Å². The number of nitrogens with one attached hydrogen (secondary N) is 2. The van der Waals surface area contributed by atoms with Crippen LogP contribution in [0.5, 0.6) is 0 Å². The van der Waals surface area contributed by atoms with Crippen LogP contribution in [0.3, 0.4) is 0 Å². The van der Waals surface area contributed by atoms with Gasteiger partial charge in [0.15, 0.2) is 0 Å². The first kappa shape index (κ1) is 31.6. The van der Waals surface area contributed by atoms with Crippen molar-refractivity contribution in [2.45, 2.75) is 90.5 Å². The molecule has 0 aliphatic carbocycles. The summed E-state index contributed by atoms with van der Waals surface area (Å²) in [4.78, 5) is 54.6. The Bertz CT molecular complexity index is 733. The molecule has 13 heteroatoms. The first-order valence-electron chi connectivity index (χ1n) is 9.97. The summed E-state index contributed by atoms with van der Waals surface area (Å²) < 4.78 is 9.80. The molecular weight excluding hydrogens is 440 g/mol. The molecule has 0 rings (SSSR count). The number of amides is 3. The van der Waals surface area contributed by atoms with Gasteiger partial charge >= 0.3 is 24.1 Å². The van der Waals surface area contributed by atoms with Gasteiger partial charge in [-0.2, -0.15) is 5.26 Å². The van der Waals surface area contributed by atoms with E-state index in [0.717, 1.165) is 0 Å². The van der Waals surface area contributed by atoms with E-state index in [1.807, 2.05) is 6.07 Å². The van der Waals surface area contributed by atoms with Gasteiger partial charge in [-0.3, -0.25) is 4.79 Å². The van der Waals surface area contributed by atoms with Gasteiger partial charge in [0.05, 0.1) is 6.07 Å². The smallest absolute Gasteiger partial charge is 0.408 e. The number of carbonyl (C=O) groups excluding carboxylic acids is 3. The maximum Gasteiger partial charge on any atom is 0.408 e. The normalized spacial score (nSPS) is 12.5. The fourth-order valence-corrected chi connectivity index (χ4v) is 1.91. The number of hydrogen-bond donors (Lipinski definition) is 5. The van der Waals surface area contributed by atoms with Gasteiger partial charge in [-0.25, -0.2) is 19.2 Å². The number of nitrogens with zero attached hydrogens (tertiary/aromatic N) is 1. The molecule has 0 aliphatic rings. The second-order valence-corrected chi connectivity index (χ2v) is 8.78. The van der Waals surface area contributed by atoms with E-state index in [0.29, 0.717) is 0 Å². The summed E-state index contributed by atoms with van der Waals surface area (Å²) in [6.07, 6.45) is -1.69. The average molecular weight is 475 g/mol. The molecule has 0 aliphatic heterocycles. The number of carbonyl (C=O) groups is 5. The largest absolute Gasteiger partial charge is 0.480 e. The van der Waals surface area contributed by atoms with Crippen LogP contribution in [0.4, 0.5) is 9.59 Å². The lowest BCUT2D eigenvalue weighted by Gasteiger charge is -2.21. The van der Waals surface area contributed by atoms with Gasteiger partial charge in [-0.1, -0.05) is 0 Å². The predicted octanol–water partition coefficient (Wildman–Crippen LogP) is 1.50. The first-order chi connectivity index (χ1) is 14.9. The van der Waals surface area contributed by atoms with Gasteiger partial charge < -0.3 is 36.1 Å². The Kier molecular flexibility index (Phi) is 13.9. The van der Waals surface area contributed by atoms with E-state index >= 15 is 0 Å². The van der Waals surface area contributed by atoms with Crippen LogP contribution in [0.1, 0.15) is 67.2 Å². The number of alkyl carbamates (subject to hydrolysis) is 2. The number of ether oxygens (including phenoxy) is 2. The zero-order valence-electron chi connectivity index (χ0n) is 19.8. The monoisotopic (exact) mass is 474 g/mol. The van der Waals surface area contributed by atoms with Crippen molar-refractivity contribution >= 4 is 30.0 Å². The fourth-order valence-electron chi connectivity index (χ4n) is 1.91. The van der Waals surface area contributed by atoms with Crippen LogP contribution in [-0.4, -0.2) is 63.5 Å². The Labute approximate surface area is 192 Å². The molecule has 6 N–H and O–H groups in total. The molecule has 0 radical (unpaired) electrons. The molecule has 0 fully saturated rings. The van der Waals surface area contributed by atoms with E-state index < -0.39 is 53.3 Å². The van der Waals surface area contributed by atoms with Gasteiger partial charge in [0, 0.05) is 12.8 Å². The van der Waals surface area contributed by atoms with Crippen molar-refractivity contribution in [2.75, 3.05) is 0 Å². The van der Waals surface area contributed by atoms with E-state index in [1.54, 1.807) is 41.5 Å². The molecule has 0 aromatic carbocycles. The minimum Gasteiger partial charge on any atom is -0.480 e. The van der Waals surface area contributed by atoms with Gasteiger partial charge in [0.25, 0.3) is 0 Å². The lowest BCUT2D eigenvalue weighted by molar-refractivity contribution is -0.140. The third-order valence-electron chi connectivity index (χ3n) is 3.20. The predicted molar refractivity (Wildman–Crippen MR) is 115 cm³/mol. The van der Waals surface area contributed by atoms with Crippen LogP contribution in [0.25, 0.3) is 0 Å². The maximum absolute atomic E-state index is 11.3. The highest BCUT2D eigenvalue weighted by atomic mass is 16.6. The van der Waals surface area contributed by atoms with Gasteiger partial charge in [-0.05, 0) is 54.4 Å². The third-order valence-corrected chi connectivity index (χ3v) is 3.20. The molecule has 33 heavy (non-hydrogen) atoms. The molecule has 188 valence electrons. The van der Waals surface area contributed by atoms with Gasteiger partial charge in [0.1, 0.15) is 23.3 Å². The molecule has 0 bridgehead atoms. The molecule has 2 unspecified atom stereocenters. The van der Waals surface area contributed by atoms with Crippen molar-refractivity contribution in [1.82, 2.24) is 10.6 Å². The van der Waals surface area contributed by atoms with Crippen LogP contribution in [0, 0.1) is 11.3 Å². The number of nitriles is 1. The van der Waals surface area contributed by atoms with Crippen molar-refractivity contribution in [3.05, 3.63) is 0 Å². The summed E-state index contributed by atoms with van der Waals surface area (Å²) in [5.41, 5.74) is 3.51. The topological polar surface area (TPSA) is 218 Å². The number of nitrogens with two attached hydrogens (primary N) is 1. The first-order valence-corrected chi connectivity index (χ1v) is 9.97. The van der Waals surface area contributed by atoms with Crippen molar-refractivity contribution < 1.29 is 43.7 Å². The zero-order chi connectivity index (χ0) is 26.4. The summed E-state index contributed by atoms with van der Waals surface area (Å²) in [5.74, 6) is -3.04. The van der Waals surface area contributed by atoms with E-state index in [9.17, 15) is 24.0 Å². The Hall–Kier alpha value is -3.56. The average Bonchev–Trinajstić information content (AvgIpc) is 2.59. The Morgan fingerprint density at radius 2 is 1.21 bits per heavy atom. The van der Waals surface area contributed by atoms with E-state index in [2.05, 4.69) is 10.6 Å². The molecule has 2 atom stereocenters. The number of primary amides is 1. The Balaban J connectivity index is 0. The molecule has 3 amide bonds. The van der Waals surface area contributed by atoms with Crippen molar-refractivity contribution in [1.29, 1.82) is 5.26 Å². The number of carboxylic acid groups (broad SMARTS) is 2. The Morgan fingerprint density at radius 3 is 1.48 bits per heavy atom. The van der Waals surface area contributed by atoms with Crippen LogP contribution in [0.2, 0.25) is 0 Å². The highest BCUT2D eigenvalue weighted by Gasteiger charge is 2.24. The minimum absolute atomic E-state index is 0.0606.